The van der Waals surface area contributed by atoms with Crippen molar-refractivity contribution < 1.29 is 31.1 Å². The molecule has 1 amide bonds. The van der Waals surface area contributed by atoms with E-state index in [1.54, 1.807) is 11.0 Å². The highest BCUT2D eigenvalue weighted by molar-refractivity contribution is 6.30. The SMILES string of the molecule is Cc1ccc(Cl)cc1N1CCN(C(=O)C2CC2c2cc(C(F)(F)F)cc(C(F)(F)F)c2)CC1. The van der Waals surface area contributed by atoms with Gasteiger partial charge in [0.05, 0.1) is 11.1 Å². The molecule has 1 heterocycles. The molecule has 3 nitrogen and oxygen atoms in total. The number of rotatable bonds is 3. The number of hydrogen-bond donors (Lipinski definition) is 0. The Hall–Kier alpha value is -2.42. The molecule has 10 heteroatoms. The Bertz CT molecular complexity index is 1030. The zero-order valence-corrected chi connectivity index (χ0v) is 18.4. The quantitative estimate of drug-likeness (QED) is 0.483. The second-order valence-corrected chi connectivity index (χ2v) is 8.97. The van der Waals surface area contributed by atoms with Crippen molar-refractivity contribution in [2.45, 2.75) is 31.6 Å². The second-order valence-electron chi connectivity index (χ2n) is 8.53. The van der Waals surface area contributed by atoms with Gasteiger partial charge in [0.2, 0.25) is 5.91 Å². The molecule has 2 aliphatic rings. The summed E-state index contributed by atoms with van der Waals surface area (Å²) in [4.78, 5) is 16.7. The molecule has 178 valence electrons. The molecule has 1 saturated carbocycles. The molecular formula is C23H21ClF6N2O. The van der Waals surface area contributed by atoms with Gasteiger partial charge in [0, 0.05) is 42.8 Å². The number of carbonyl (C=O) groups is 1. The molecule has 33 heavy (non-hydrogen) atoms. The molecule has 1 aliphatic carbocycles. The van der Waals surface area contributed by atoms with Gasteiger partial charge in [-0.15, -0.1) is 0 Å². The Morgan fingerprint density at radius 2 is 1.48 bits per heavy atom. The number of benzene rings is 2. The predicted molar refractivity (Wildman–Crippen MR) is 112 cm³/mol. The number of nitrogens with zero attached hydrogens (tertiary/aromatic N) is 2. The number of hydrogen-bond acceptors (Lipinski definition) is 2. The molecular weight excluding hydrogens is 470 g/mol. The second kappa shape index (κ2) is 8.42. The Kier molecular flexibility index (Phi) is 6.05. The van der Waals surface area contributed by atoms with Crippen LogP contribution in [-0.2, 0) is 17.1 Å². The Morgan fingerprint density at radius 3 is 2.03 bits per heavy atom. The summed E-state index contributed by atoms with van der Waals surface area (Å²) in [7, 11) is 0. The first kappa shape index (κ1) is 23.7. The van der Waals surface area contributed by atoms with Gasteiger partial charge in [-0.25, -0.2) is 0 Å². The Balaban J connectivity index is 1.45. The van der Waals surface area contributed by atoms with Crippen molar-refractivity contribution in [1.82, 2.24) is 4.90 Å². The summed E-state index contributed by atoms with van der Waals surface area (Å²) in [6.07, 6.45) is -9.57. The van der Waals surface area contributed by atoms with E-state index in [1.807, 2.05) is 19.1 Å². The van der Waals surface area contributed by atoms with E-state index < -0.39 is 35.3 Å². The fraction of sp³-hybridized carbons (Fsp3) is 0.435. The normalized spacial score (nSPS) is 21.3. The summed E-state index contributed by atoms with van der Waals surface area (Å²) in [6.45, 7) is 3.93. The minimum absolute atomic E-state index is 0.0938. The molecule has 0 radical (unpaired) electrons. The monoisotopic (exact) mass is 490 g/mol. The van der Waals surface area contributed by atoms with Gasteiger partial charge in [-0.3, -0.25) is 4.79 Å². The Morgan fingerprint density at radius 1 is 0.909 bits per heavy atom. The molecule has 1 aliphatic heterocycles. The van der Waals surface area contributed by atoms with E-state index in [0.29, 0.717) is 31.2 Å². The van der Waals surface area contributed by atoms with Crippen molar-refractivity contribution >= 4 is 23.2 Å². The van der Waals surface area contributed by atoms with Crippen LogP contribution in [0.5, 0.6) is 0 Å². The lowest BCUT2D eigenvalue weighted by Gasteiger charge is -2.37. The molecule has 1 saturated heterocycles. The third kappa shape index (κ3) is 5.08. The lowest BCUT2D eigenvalue weighted by Crippen LogP contribution is -2.49. The summed E-state index contributed by atoms with van der Waals surface area (Å²) >= 11 is 6.09. The van der Waals surface area contributed by atoms with Crippen molar-refractivity contribution in [3.63, 3.8) is 0 Å². The zero-order valence-electron chi connectivity index (χ0n) is 17.6. The number of carbonyl (C=O) groups excluding carboxylic acids is 1. The van der Waals surface area contributed by atoms with E-state index in [4.69, 9.17) is 11.6 Å². The molecule has 2 aromatic carbocycles. The van der Waals surface area contributed by atoms with Crippen LogP contribution in [0.1, 0.15) is 34.6 Å². The number of piperazine rings is 1. The van der Waals surface area contributed by atoms with Crippen molar-refractivity contribution in [2.24, 2.45) is 5.92 Å². The van der Waals surface area contributed by atoms with E-state index >= 15 is 0 Å². The summed E-state index contributed by atoms with van der Waals surface area (Å²) in [5, 5.41) is 0.606. The lowest BCUT2D eigenvalue weighted by molar-refractivity contribution is -0.143. The minimum atomic E-state index is -4.90. The van der Waals surface area contributed by atoms with Crippen molar-refractivity contribution in [2.75, 3.05) is 31.1 Å². The standard InChI is InChI=1S/C23H21ClF6N2O/c1-13-2-3-17(24)11-20(13)31-4-6-32(7-5-31)21(33)19-12-18(19)14-8-15(22(25,26)27)10-16(9-14)23(28,29)30/h2-3,8-11,18-19H,4-7,12H2,1H3. The van der Waals surface area contributed by atoms with E-state index in [2.05, 4.69) is 4.90 Å². The molecule has 2 aromatic rings. The van der Waals surface area contributed by atoms with Gasteiger partial charge < -0.3 is 9.80 Å². The maximum Gasteiger partial charge on any atom is 0.416 e. The summed E-state index contributed by atoms with van der Waals surface area (Å²) in [5.41, 5.74) is -0.774. The summed E-state index contributed by atoms with van der Waals surface area (Å²) in [6, 6.07) is 7.14. The first-order valence-corrected chi connectivity index (χ1v) is 10.8. The van der Waals surface area contributed by atoms with Gasteiger partial charge >= 0.3 is 12.4 Å². The van der Waals surface area contributed by atoms with Gasteiger partial charge in [-0.1, -0.05) is 17.7 Å². The minimum Gasteiger partial charge on any atom is -0.368 e. The van der Waals surface area contributed by atoms with Gasteiger partial charge in [0.25, 0.3) is 0 Å². The Labute approximate surface area is 191 Å². The van der Waals surface area contributed by atoms with E-state index in [1.165, 1.54) is 0 Å². The van der Waals surface area contributed by atoms with E-state index in [9.17, 15) is 31.1 Å². The average Bonchev–Trinajstić information content (AvgIpc) is 3.54. The van der Waals surface area contributed by atoms with Crippen molar-refractivity contribution in [1.29, 1.82) is 0 Å². The highest BCUT2D eigenvalue weighted by Gasteiger charge is 2.48. The third-order valence-electron chi connectivity index (χ3n) is 6.25. The number of aryl methyl sites for hydroxylation is 1. The molecule has 0 bridgehead atoms. The number of anilines is 1. The molecule has 2 atom stereocenters. The molecule has 2 fully saturated rings. The van der Waals surface area contributed by atoms with Gasteiger partial charge in [0.15, 0.2) is 0 Å². The molecule has 0 spiro atoms. The number of alkyl halides is 6. The maximum atomic E-state index is 13.1. The smallest absolute Gasteiger partial charge is 0.368 e. The van der Waals surface area contributed by atoms with Gasteiger partial charge in [0.1, 0.15) is 0 Å². The largest absolute Gasteiger partial charge is 0.416 e. The zero-order chi connectivity index (χ0) is 24.1. The summed E-state index contributed by atoms with van der Waals surface area (Å²) in [5.74, 6) is -1.48. The van der Waals surface area contributed by atoms with Crippen LogP contribution >= 0.6 is 11.6 Å². The molecule has 0 aromatic heterocycles. The van der Waals surface area contributed by atoms with Crippen LogP contribution in [0.25, 0.3) is 0 Å². The highest BCUT2D eigenvalue weighted by Crippen LogP contribution is 2.50. The average molecular weight is 491 g/mol. The van der Waals surface area contributed by atoms with E-state index in [-0.39, 0.29) is 24.0 Å². The van der Waals surface area contributed by atoms with Crippen LogP contribution < -0.4 is 4.90 Å². The van der Waals surface area contributed by atoms with Gasteiger partial charge in [-0.2, -0.15) is 26.3 Å². The molecule has 4 rings (SSSR count). The van der Waals surface area contributed by atoms with Crippen LogP contribution in [0.2, 0.25) is 5.02 Å². The maximum absolute atomic E-state index is 13.1. The highest BCUT2D eigenvalue weighted by atomic mass is 35.5. The van der Waals surface area contributed by atoms with Crippen LogP contribution in [0.15, 0.2) is 36.4 Å². The summed E-state index contributed by atoms with van der Waals surface area (Å²) < 4.78 is 78.8. The van der Waals surface area contributed by atoms with E-state index in [0.717, 1.165) is 23.4 Å². The predicted octanol–water partition coefficient (Wildman–Crippen LogP) is 6.14. The van der Waals surface area contributed by atoms with Gasteiger partial charge in [-0.05, 0) is 60.7 Å². The third-order valence-corrected chi connectivity index (χ3v) is 6.48. The molecule has 0 N–H and O–H groups in total. The van der Waals surface area contributed by atoms with Crippen LogP contribution in [0.4, 0.5) is 32.0 Å². The topological polar surface area (TPSA) is 23.6 Å². The van der Waals surface area contributed by atoms with Crippen molar-refractivity contribution in [3.05, 3.63) is 63.7 Å². The first-order valence-electron chi connectivity index (χ1n) is 10.4. The van der Waals surface area contributed by atoms with Crippen LogP contribution in [-0.4, -0.2) is 37.0 Å². The fourth-order valence-electron chi connectivity index (χ4n) is 4.35. The lowest BCUT2D eigenvalue weighted by atomic mass is 10.0. The van der Waals surface area contributed by atoms with Crippen LogP contribution in [0, 0.1) is 12.8 Å². The van der Waals surface area contributed by atoms with Crippen LogP contribution in [0.3, 0.4) is 0 Å². The number of amides is 1. The number of halogens is 7. The molecule has 2 unspecified atom stereocenters. The fourth-order valence-corrected chi connectivity index (χ4v) is 4.52. The first-order chi connectivity index (χ1) is 15.3. The van der Waals surface area contributed by atoms with Crippen molar-refractivity contribution in [3.8, 4) is 0 Å².